The maximum atomic E-state index is 12.9. The predicted molar refractivity (Wildman–Crippen MR) is 123 cm³/mol. The number of hydrogen-bond donors (Lipinski definition) is 2. The van der Waals surface area contributed by atoms with E-state index in [-0.39, 0.29) is 36.6 Å². The Labute approximate surface area is 208 Å². The zero-order valence-electron chi connectivity index (χ0n) is 20.3. The number of benzene rings is 1. The minimum absolute atomic E-state index is 0.00757. The fourth-order valence-electron chi connectivity index (χ4n) is 4.55. The first-order valence-corrected chi connectivity index (χ1v) is 12.2. The quantitative estimate of drug-likeness (QED) is 0.189. The van der Waals surface area contributed by atoms with Crippen LogP contribution < -0.4 is 4.74 Å². The minimum atomic E-state index is -4.50. The molecule has 1 aromatic rings. The van der Waals surface area contributed by atoms with Crippen molar-refractivity contribution in [2.45, 2.75) is 82.6 Å². The van der Waals surface area contributed by atoms with Gasteiger partial charge in [0.2, 0.25) is 0 Å². The Balaban J connectivity index is 1.46. The smallest absolute Gasteiger partial charge is 0.416 e. The zero-order valence-corrected chi connectivity index (χ0v) is 20.3. The van der Waals surface area contributed by atoms with Crippen LogP contribution >= 0.6 is 0 Å². The summed E-state index contributed by atoms with van der Waals surface area (Å²) in [7, 11) is 0. The molecule has 1 aromatic carbocycles. The fraction of sp³-hybridized carbons (Fsp3) is 0.615. The fourth-order valence-corrected chi connectivity index (χ4v) is 4.55. The number of alkyl halides is 3. The highest BCUT2D eigenvalue weighted by Crippen LogP contribution is 2.44. The van der Waals surface area contributed by atoms with Crippen molar-refractivity contribution >= 4 is 11.8 Å². The second-order valence-electron chi connectivity index (χ2n) is 9.53. The van der Waals surface area contributed by atoms with Crippen LogP contribution in [0.15, 0.2) is 36.4 Å². The minimum Gasteiger partial charge on any atom is -0.491 e. The van der Waals surface area contributed by atoms with Gasteiger partial charge in [0.1, 0.15) is 30.3 Å². The van der Waals surface area contributed by atoms with E-state index in [0.717, 1.165) is 12.1 Å². The van der Waals surface area contributed by atoms with Crippen LogP contribution in [0.2, 0.25) is 0 Å². The molecule has 3 rings (SSSR count). The molecule has 0 bridgehead atoms. The van der Waals surface area contributed by atoms with Crippen molar-refractivity contribution in [2.75, 3.05) is 6.61 Å². The summed E-state index contributed by atoms with van der Waals surface area (Å²) in [5, 5.41) is 20.9. The Morgan fingerprint density at radius 3 is 2.72 bits per heavy atom. The maximum Gasteiger partial charge on any atom is 0.416 e. The molecule has 6 atom stereocenters. The van der Waals surface area contributed by atoms with Crippen LogP contribution in [0.25, 0.3) is 0 Å². The standard InChI is InChI=1S/C26H33F3O7/c1-15(2)35-22(33)11-6-4-3-5-10-18-19(30)13-20(31)23(18)25-24(36-25)21(32)14-34-17-9-7-8-16(12-17)26(27,28)29/h3,5,7-9,12,15,18,20-21,23-25,31-32H,4,6,10-11,13-14H2,1-2H3/b5-3-/t18-,20+,21-,23+,24?,25+/m0/s1. The summed E-state index contributed by atoms with van der Waals surface area (Å²) in [6.07, 6.45) is -2.17. The molecule has 7 nitrogen and oxygen atoms in total. The average molecular weight is 515 g/mol. The van der Waals surface area contributed by atoms with Gasteiger partial charge in [-0.2, -0.15) is 13.2 Å². The molecule has 1 saturated heterocycles. The highest BCUT2D eigenvalue weighted by Gasteiger charge is 2.57. The van der Waals surface area contributed by atoms with Gasteiger partial charge in [-0.1, -0.05) is 18.2 Å². The molecule has 1 aliphatic carbocycles. The predicted octanol–water partition coefficient (Wildman–Crippen LogP) is 3.85. The van der Waals surface area contributed by atoms with Crippen LogP contribution in [0, 0.1) is 11.8 Å². The SMILES string of the molecule is CC(C)OC(=O)CCC/C=C\C[C@H]1C(=O)C[C@@H](O)[C@@H]1[C@H]1OC1[C@@H](O)COc1cccc(C(F)(F)F)c1. The van der Waals surface area contributed by atoms with Gasteiger partial charge in [0.05, 0.1) is 23.9 Å². The molecular formula is C26H33F3O7. The number of ketones is 1. The number of hydrogen-bond acceptors (Lipinski definition) is 7. The third-order valence-electron chi connectivity index (χ3n) is 6.31. The van der Waals surface area contributed by atoms with Gasteiger partial charge < -0.3 is 24.4 Å². The Kier molecular flexibility index (Phi) is 9.54. The number of carbonyl (C=O) groups excluding carboxylic acids is 2. The lowest BCUT2D eigenvalue weighted by atomic mass is 9.86. The number of ether oxygens (including phenoxy) is 3. The maximum absolute atomic E-state index is 12.9. The van der Waals surface area contributed by atoms with Crippen LogP contribution in [-0.2, 0) is 25.2 Å². The third kappa shape index (κ3) is 7.78. The molecule has 1 saturated carbocycles. The molecule has 1 heterocycles. The van der Waals surface area contributed by atoms with E-state index in [9.17, 15) is 33.0 Å². The van der Waals surface area contributed by atoms with Gasteiger partial charge in [0.15, 0.2) is 0 Å². The van der Waals surface area contributed by atoms with Gasteiger partial charge in [-0.25, -0.2) is 0 Å². The van der Waals surface area contributed by atoms with Crippen molar-refractivity contribution in [3.63, 3.8) is 0 Å². The summed E-state index contributed by atoms with van der Waals surface area (Å²) in [5.41, 5.74) is -0.853. The molecule has 0 spiro atoms. The van der Waals surface area contributed by atoms with Crippen molar-refractivity contribution < 1.29 is 47.2 Å². The molecule has 10 heteroatoms. The number of aliphatic hydroxyl groups is 2. The number of allylic oxidation sites excluding steroid dienone is 2. The van der Waals surface area contributed by atoms with E-state index in [1.54, 1.807) is 13.8 Å². The molecule has 0 aromatic heterocycles. The number of esters is 1. The van der Waals surface area contributed by atoms with Gasteiger partial charge in [-0.05, 0) is 51.3 Å². The number of aliphatic hydroxyl groups excluding tert-OH is 2. The van der Waals surface area contributed by atoms with E-state index in [1.165, 1.54) is 12.1 Å². The highest BCUT2D eigenvalue weighted by molar-refractivity contribution is 5.84. The van der Waals surface area contributed by atoms with Crippen molar-refractivity contribution in [3.05, 3.63) is 42.0 Å². The number of halogens is 3. The van der Waals surface area contributed by atoms with Crippen LogP contribution in [0.4, 0.5) is 13.2 Å². The summed E-state index contributed by atoms with van der Waals surface area (Å²) in [4.78, 5) is 24.0. The Morgan fingerprint density at radius 1 is 1.28 bits per heavy atom. The lowest BCUT2D eigenvalue weighted by Gasteiger charge is -2.19. The molecule has 2 aliphatic rings. The van der Waals surface area contributed by atoms with Crippen LogP contribution in [-0.4, -0.2) is 59.1 Å². The molecule has 36 heavy (non-hydrogen) atoms. The molecule has 1 unspecified atom stereocenters. The Hall–Kier alpha value is -2.43. The van der Waals surface area contributed by atoms with E-state index >= 15 is 0 Å². The molecule has 2 fully saturated rings. The van der Waals surface area contributed by atoms with E-state index in [0.29, 0.717) is 25.7 Å². The Bertz CT molecular complexity index is 930. The molecular weight excluding hydrogens is 481 g/mol. The lowest BCUT2D eigenvalue weighted by molar-refractivity contribution is -0.147. The molecule has 200 valence electrons. The van der Waals surface area contributed by atoms with Gasteiger partial charge >= 0.3 is 12.1 Å². The number of carbonyl (C=O) groups is 2. The molecule has 1 aliphatic heterocycles. The van der Waals surface area contributed by atoms with Crippen LogP contribution in [0.5, 0.6) is 5.75 Å². The third-order valence-corrected chi connectivity index (χ3v) is 6.31. The van der Waals surface area contributed by atoms with Gasteiger partial charge in [-0.3, -0.25) is 9.59 Å². The van der Waals surface area contributed by atoms with Crippen molar-refractivity contribution in [3.8, 4) is 5.75 Å². The summed E-state index contributed by atoms with van der Waals surface area (Å²) in [6.45, 7) is 3.29. The van der Waals surface area contributed by atoms with Gasteiger partial charge in [0.25, 0.3) is 0 Å². The first kappa shape index (κ1) is 28.1. The second-order valence-corrected chi connectivity index (χ2v) is 9.53. The van der Waals surface area contributed by atoms with Gasteiger partial charge in [-0.15, -0.1) is 0 Å². The summed E-state index contributed by atoms with van der Waals surface area (Å²) < 4.78 is 54.6. The van der Waals surface area contributed by atoms with E-state index < -0.39 is 48.0 Å². The number of rotatable bonds is 12. The van der Waals surface area contributed by atoms with Crippen LogP contribution in [0.3, 0.4) is 0 Å². The molecule has 0 radical (unpaired) electrons. The summed E-state index contributed by atoms with van der Waals surface area (Å²) >= 11 is 0. The molecule has 2 N–H and O–H groups in total. The van der Waals surface area contributed by atoms with E-state index in [1.807, 2.05) is 12.2 Å². The second kappa shape index (κ2) is 12.2. The Morgan fingerprint density at radius 2 is 2.03 bits per heavy atom. The van der Waals surface area contributed by atoms with Crippen molar-refractivity contribution in [1.82, 2.24) is 0 Å². The van der Waals surface area contributed by atoms with Crippen molar-refractivity contribution in [2.24, 2.45) is 11.8 Å². The normalized spacial score (nSPS) is 27.0. The lowest BCUT2D eigenvalue weighted by Crippen LogP contribution is -2.32. The summed E-state index contributed by atoms with van der Waals surface area (Å²) in [6, 6.07) is 4.36. The van der Waals surface area contributed by atoms with Crippen LogP contribution in [0.1, 0.15) is 51.5 Å². The largest absolute Gasteiger partial charge is 0.491 e. The molecule has 0 amide bonds. The highest BCUT2D eigenvalue weighted by atomic mass is 19.4. The average Bonchev–Trinajstić information content (AvgIpc) is 3.52. The monoisotopic (exact) mass is 514 g/mol. The number of epoxide rings is 1. The van der Waals surface area contributed by atoms with E-state index in [2.05, 4.69) is 0 Å². The zero-order chi connectivity index (χ0) is 26.5. The number of unbranched alkanes of at least 4 members (excludes halogenated alkanes) is 1. The number of Topliss-reactive ketones (excluding diaryl/α,β-unsaturated/α-hetero) is 1. The van der Waals surface area contributed by atoms with Gasteiger partial charge in [0, 0.05) is 24.7 Å². The topological polar surface area (TPSA) is 106 Å². The first-order chi connectivity index (χ1) is 17.0. The summed E-state index contributed by atoms with van der Waals surface area (Å²) in [5.74, 6) is -1.32. The first-order valence-electron chi connectivity index (χ1n) is 12.2. The van der Waals surface area contributed by atoms with Crippen molar-refractivity contribution in [1.29, 1.82) is 0 Å². The van der Waals surface area contributed by atoms with E-state index in [4.69, 9.17) is 14.2 Å².